The zero-order valence-electron chi connectivity index (χ0n) is 15.4. The van der Waals surface area contributed by atoms with Crippen molar-refractivity contribution in [3.63, 3.8) is 0 Å². The zero-order valence-corrected chi connectivity index (χ0v) is 15.4. The lowest BCUT2D eigenvalue weighted by Gasteiger charge is -2.14. The molecule has 0 bridgehead atoms. The number of hydrogen-bond donors (Lipinski definition) is 0. The minimum absolute atomic E-state index is 0.0680. The average Bonchev–Trinajstić information content (AvgIpc) is 3.20. The van der Waals surface area contributed by atoms with Crippen molar-refractivity contribution in [2.45, 2.75) is 13.5 Å². The van der Waals surface area contributed by atoms with Gasteiger partial charge in [0, 0.05) is 10.8 Å². The molecule has 5 nitrogen and oxygen atoms in total. The Kier molecular flexibility index (Phi) is 3.79. The second-order valence-electron chi connectivity index (χ2n) is 6.94. The molecule has 2 aromatic heterocycles. The number of para-hydroxylation sites is 2. The van der Waals surface area contributed by atoms with Crippen LogP contribution in [0.5, 0.6) is 0 Å². The number of nitrogens with zero attached hydrogens (tertiary/aromatic N) is 4. The fourth-order valence-electron chi connectivity index (χ4n) is 3.65. The summed E-state index contributed by atoms with van der Waals surface area (Å²) < 4.78 is 3.91. The van der Waals surface area contributed by atoms with Crippen LogP contribution in [0.2, 0.25) is 0 Å². The van der Waals surface area contributed by atoms with Crippen molar-refractivity contribution in [3.05, 3.63) is 100 Å². The highest BCUT2D eigenvalue weighted by atomic mass is 16.1. The molecule has 2 heterocycles. The predicted molar refractivity (Wildman–Crippen MR) is 111 cm³/mol. The summed E-state index contributed by atoms with van der Waals surface area (Å²) in [5.74, 6) is 0. The second kappa shape index (κ2) is 6.46. The van der Waals surface area contributed by atoms with E-state index in [4.69, 9.17) is 0 Å². The summed E-state index contributed by atoms with van der Waals surface area (Å²) in [7, 11) is 0. The Morgan fingerprint density at radius 3 is 2.46 bits per heavy atom. The minimum Gasteiger partial charge on any atom is -0.334 e. The van der Waals surface area contributed by atoms with Gasteiger partial charge in [0.15, 0.2) is 5.43 Å². The largest absolute Gasteiger partial charge is 0.334 e. The summed E-state index contributed by atoms with van der Waals surface area (Å²) >= 11 is 0. The lowest BCUT2D eigenvalue weighted by Crippen LogP contribution is -2.12. The lowest BCUT2D eigenvalue weighted by molar-refractivity contribution is 0.782. The molecule has 0 saturated carbocycles. The van der Waals surface area contributed by atoms with Crippen LogP contribution in [0.1, 0.15) is 11.3 Å². The molecule has 0 amide bonds. The number of pyridine rings is 1. The molecule has 0 aliphatic carbocycles. The van der Waals surface area contributed by atoms with E-state index >= 15 is 0 Å². The van der Waals surface area contributed by atoms with E-state index in [-0.39, 0.29) is 5.43 Å². The Hall–Kier alpha value is -3.73. The van der Waals surface area contributed by atoms with Crippen molar-refractivity contribution in [2.24, 2.45) is 0 Å². The number of hydrogen-bond acceptors (Lipinski definition) is 3. The lowest BCUT2D eigenvalue weighted by atomic mass is 10.1. The molecule has 0 unspecified atom stereocenters. The molecule has 5 heteroatoms. The van der Waals surface area contributed by atoms with E-state index in [1.54, 1.807) is 4.68 Å². The molecular formula is C23H18N4O. The molecule has 0 aliphatic heterocycles. The summed E-state index contributed by atoms with van der Waals surface area (Å²) in [6.45, 7) is 2.54. The number of aromatic nitrogens is 4. The molecule has 0 saturated heterocycles. The van der Waals surface area contributed by atoms with Crippen molar-refractivity contribution < 1.29 is 0 Å². The van der Waals surface area contributed by atoms with E-state index in [0.29, 0.717) is 6.54 Å². The smallest absolute Gasteiger partial charge is 0.197 e. The summed E-state index contributed by atoms with van der Waals surface area (Å²) in [6, 6.07) is 23.6. The van der Waals surface area contributed by atoms with E-state index < -0.39 is 0 Å². The van der Waals surface area contributed by atoms with Gasteiger partial charge in [-0.2, -0.15) is 0 Å². The monoisotopic (exact) mass is 366 g/mol. The highest BCUT2D eigenvalue weighted by Crippen LogP contribution is 2.21. The van der Waals surface area contributed by atoms with Crippen molar-refractivity contribution in [2.75, 3.05) is 0 Å². The maximum atomic E-state index is 13.0. The summed E-state index contributed by atoms with van der Waals surface area (Å²) in [4.78, 5) is 13.0. The Labute approximate surface area is 161 Å². The first kappa shape index (κ1) is 16.4. The van der Waals surface area contributed by atoms with Gasteiger partial charge in [-0.3, -0.25) is 4.79 Å². The van der Waals surface area contributed by atoms with Gasteiger partial charge in [-0.05, 0) is 43.3 Å². The molecular weight excluding hydrogens is 348 g/mol. The fourth-order valence-corrected chi connectivity index (χ4v) is 3.65. The molecule has 0 spiro atoms. The van der Waals surface area contributed by atoms with Crippen molar-refractivity contribution in [1.82, 2.24) is 19.6 Å². The molecule has 0 aliphatic rings. The third-order valence-electron chi connectivity index (χ3n) is 5.01. The SMILES string of the molecule is Cc1ccc2c(c1)c(=O)c1ccccc1n2Cc1cn(-c2ccccc2)nn1. The van der Waals surface area contributed by atoms with Gasteiger partial charge in [0.1, 0.15) is 5.69 Å². The van der Waals surface area contributed by atoms with E-state index in [1.165, 1.54) is 0 Å². The Morgan fingerprint density at radius 1 is 0.857 bits per heavy atom. The second-order valence-corrected chi connectivity index (χ2v) is 6.94. The van der Waals surface area contributed by atoms with Crippen LogP contribution in [0.3, 0.4) is 0 Å². The number of rotatable bonds is 3. The third-order valence-corrected chi connectivity index (χ3v) is 5.01. The normalized spacial score (nSPS) is 11.3. The zero-order chi connectivity index (χ0) is 19.1. The van der Waals surface area contributed by atoms with Crippen LogP contribution in [0.4, 0.5) is 0 Å². The number of aryl methyl sites for hydroxylation is 1. The van der Waals surface area contributed by atoms with E-state index in [9.17, 15) is 4.79 Å². The quantitative estimate of drug-likeness (QED) is 0.452. The first-order chi connectivity index (χ1) is 13.7. The fraction of sp³-hybridized carbons (Fsp3) is 0.0870. The van der Waals surface area contributed by atoms with Gasteiger partial charge >= 0.3 is 0 Å². The van der Waals surface area contributed by atoms with Crippen LogP contribution in [0.25, 0.3) is 27.5 Å². The van der Waals surface area contributed by atoms with Crippen LogP contribution >= 0.6 is 0 Å². The molecule has 0 radical (unpaired) electrons. The molecule has 28 heavy (non-hydrogen) atoms. The van der Waals surface area contributed by atoms with Gasteiger partial charge in [0.25, 0.3) is 0 Å². The molecule has 0 N–H and O–H groups in total. The van der Waals surface area contributed by atoms with E-state index in [0.717, 1.165) is 38.8 Å². The molecule has 0 atom stereocenters. The highest BCUT2D eigenvalue weighted by molar-refractivity contribution is 5.93. The van der Waals surface area contributed by atoms with Crippen molar-refractivity contribution in [1.29, 1.82) is 0 Å². The third kappa shape index (κ3) is 2.68. The van der Waals surface area contributed by atoms with Gasteiger partial charge in [-0.15, -0.1) is 5.10 Å². The van der Waals surface area contributed by atoms with Crippen LogP contribution in [0.15, 0.2) is 83.8 Å². The van der Waals surface area contributed by atoms with Gasteiger partial charge < -0.3 is 4.57 Å². The average molecular weight is 366 g/mol. The van der Waals surface area contributed by atoms with Gasteiger partial charge in [0.05, 0.1) is 29.5 Å². The summed E-state index contributed by atoms with van der Waals surface area (Å²) in [6.07, 6.45) is 1.93. The summed E-state index contributed by atoms with van der Waals surface area (Å²) in [5.41, 5.74) is 4.74. The van der Waals surface area contributed by atoms with Gasteiger partial charge in [-0.1, -0.05) is 47.2 Å². The Balaban J connectivity index is 1.69. The molecule has 5 rings (SSSR count). The van der Waals surface area contributed by atoms with Crippen LogP contribution < -0.4 is 5.43 Å². The molecule has 5 aromatic rings. The standard InChI is InChI=1S/C23H18N4O/c1-16-11-12-22-20(13-16)23(28)19-9-5-6-10-21(19)26(22)14-17-15-27(25-24-17)18-7-3-2-4-8-18/h2-13,15H,14H2,1H3. The minimum atomic E-state index is 0.0680. The van der Waals surface area contributed by atoms with Crippen LogP contribution in [0, 0.1) is 6.92 Å². The molecule has 3 aromatic carbocycles. The van der Waals surface area contributed by atoms with E-state index in [1.807, 2.05) is 85.9 Å². The van der Waals surface area contributed by atoms with Crippen LogP contribution in [-0.2, 0) is 6.54 Å². The number of benzene rings is 3. The van der Waals surface area contributed by atoms with Crippen molar-refractivity contribution in [3.8, 4) is 5.69 Å². The first-order valence-electron chi connectivity index (χ1n) is 9.19. The van der Waals surface area contributed by atoms with E-state index in [2.05, 4.69) is 14.9 Å². The van der Waals surface area contributed by atoms with Gasteiger partial charge in [-0.25, -0.2) is 4.68 Å². The van der Waals surface area contributed by atoms with Crippen molar-refractivity contribution >= 4 is 21.8 Å². The van der Waals surface area contributed by atoms with Gasteiger partial charge in [0.2, 0.25) is 0 Å². The number of fused-ring (bicyclic) bond motifs is 2. The Morgan fingerprint density at radius 2 is 1.61 bits per heavy atom. The maximum Gasteiger partial charge on any atom is 0.197 e. The Bertz CT molecular complexity index is 1370. The first-order valence-corrected chi connectivity index (χ1v) is 9.19. The molecule has 136 valence electrons. The topological polar surface area (TPSA) is 52.7 Å². The molecule has 0 fully saturated rings. The highest BCUT2D eigenvalue weighted by Gasteiger charge is 2.12. The van der Waals surface area contributed by atoms with Crippen LogP contribution in [-0.4, -0.2) is 19.6 Å². The summed E-state index contributed by atoms with van der Waals surface area (Å²) in [5, 5.41) is 10.1. The maximum absolute atomic E-state index is 13.0. The predicted octanol–water partition coefficient (Wildman–Crippen LogP) is 4.09.